The third kappa shape index (κ3) is 6.10. The molecule has 0 amide bonds. The largest absolute Gasteiger partial charge is 0.494 e. The van der Waals surface area contributed by atoms with Gasteiger partial charge in [0.1, 0.15) is 11.5 Å². The maximum atomic E-state index is 5.63. The summed E-state index contributed by atoms with van der Waals surface area (Å²) >= 11 is 0. The summed E-state index contributed by atoms with van der Waals surface area (Å²) in [5.74, 6) is 1.80. The van der Waals surface area contributed by atoms with E-state index in [-0.39, 0.29) is 6.10 Å². The summed E-state index contributed by atoms with van der Waals surface area (Å²) < 4.78 is 11.1. The number of ether oxygens (including phenoxy) is 2. The fraction of sp³-hybridized carbons (Fsp3) is 0.368. The third-order valence-electron chi connectivity index (χ3n) is 3.17. The van der Waals surface area contributed by atoms with Crippen molar-refractivity contribution in [2.45, 2.75) is 26.9 Å². The molecule has 2 N–H and O–H groups in total. The Kier molecular flexibility index (Phi) is 6.60. The minimum absolute atomic E-state index is 0.201. The molecule has 0 aromatic heterocycles. The van der Waals surface area contributed by atoms with Gasteiger partial charge >= 0.3 is 0 Å². The molecule has 0 aliphatic carbocycles. The van der Waals surface area contributed by atoms with Crippen molar-refractivity contribution in [2.75, 3.05) is 30.3 Å². The average molecular weight is 314 g/mol. The van der Waals surface area contributed by atoms with Crippen molar-refractivity contribution in [3.63, 3.8) is 0 Å². The molecule has 0 aliphatic rings. The lowest BCUT2D eigenvalue weighted by Gasteiger charge is -2.12. The molecule has 2 aromatic carbocycles. The normalized spacial score (nSPS) is 10.4. The fourth-order valence-corrected chi connectivity index (χ4v) is 2.17. The quantitative estimate of drug-likeness (QED) is 0.673. The molecule has 4 heteroatoms. The molecule has 0 bridgehead atoms. The van der Waals surface area contributed by atoms with E-state index in [2.05, 4.69) is 10.6 Å². The zero-order valence-corrected chi connectivity index (χ0v) is 14.1. The topological polar surface area (TPSA) is 42.5 Å². The molecule has 0 aliphatic heterocycles. The number of anilines is 2. The number of nitrogens with one attached hydrogen (secondary N) is 2. The molecule has 0 spiro atoms. The van der Waals surface area contributed by atoms with Crippen LogP contribution in [0.2, 0.25) is 0 Å². The standard InChI is InChI=1S/C19H26N2O2/c1-4-22-18-9-5-16(6-10-18)20-13-14-21-17-7-11-19(12-8-17)23-15(2)3/h5-12,15,20-21H,4,13-14H2,1-3H3. The molecular weight excluding hydrogens is 288 g/mol. The number of hydrogen-bond donors (Lipinski definition) is 2. The lowest BCUT2D eigenvalue weighted by atomic mass is 10.3. The van der Waals surface area contributed by atoms with Crippen LogP contribution in [0.1, 0.15) is 20.8 Å². The molecule has 0 heterocycles. The molecular formula is C19H26N2O2. The average Bonchev–Trinajstić information content (AvgIpc) is 2.54. The van der Waals surface area contributed by atoms with Crippen LogP contribution in [-0.2, 0) is 0 Å². The summed E-state index contributed by atoms with van der Waals surface area (Å²) in [4.78, 5) is 0. The maximum absolute atomic E-state index is 5.63. The second kappa shape index (κ2) is 8.93. The van der Waals surface area contributed by atoms with Gasteiger partial charge in [-0.3, -0.25) is 0 Å². The highest BCUT2D eigenvalue weighted by atomic mass is 16.5. The summed E-state index contributed by atoms with van der Waals surface area (Å²) in [6, 6.07) is 16.1. The Hall–Kier alpha value is -2.36. The van der Waals surface area contributed by atoms with Crippen LogP contribution < -0.4 is 20.1 Å². The molecule has 2 aromatic rings. The van der Waals surface area contributed by atoms with Crippen molar-refractivity contribution in [2.24, 2.45) is 0 Å². The SMILES string of the molecule is CCOc1ccc(NCCNc2ccc(OC(C)C)cc2)cc1. The van der Waals surface area contributed by atoms with E-state index >= 15 is 0 Å². The molecule has 124 valence electrons. The molecule has 4 nitrogen and oxygen atoms in total. The van der Waals surface area contributed by atoms with E-state index in [0.29, 0.717) is 6.61 Å². The summed E-state index contributed by atoms with van der Waals surface area (Å²) in [6.07, 6.45) is 0.201. The first kappa shape index (κ1) is 17.0. The Balaban J connectivity index is 1.70. The third-order valence-corrected chi connectivity index (χ3v) is 3.17. The summed E-state index contributed by atoms with van der Waals surface area (Å²) in [7, 11) is 0. The van der Waals surface area contributed by atoms with E-state index in [1.54, 1.807) is 0 Å². The smallest absolute Gasteiger partial charge is 0.119 e. The van der Waals surface area contributed by atoms with Crippen molar-refractivity contribution in [3.8, 4) is 11.5 Å². The first-order valence-electron chi connectivity index (χ1n) is 8.14. The van der Waals surface area contributed by atoms with E-state index in [1.165, 1.54) is 0 Å². The van der Waals surface area contributed by atoms with Crippen molar-refractivity contribution in [1.82, 2.24) is 0 Å². The highest BCUT2D eigenvalue weighted by molar-refractivity contribution is 5.48. The molecule has 2 rings (SSSR count). The second-order valence-corrected chi connectivity index (χ2v) is 5.50. The van der Waals surface area contributed by atoms with Gasteiger partial charge in [0.25, 0.3) is 0 Å². The first-order chi connectivity index (χ1) is 11.2. The predicted molar refractivity (Wildman–Crippen MR) is 96.8 cm³/mol. The van der Waals surface area contributed by atoms with Gasteiger partial charge < -0.3 is 20.1 Å². The van der Waals surface area contributed by atoms with Crippen LogP contribution >= 0.6 is 0 Å². The van der Waals surface area contributed by atoms with E-state index in [9.17, 15) is 0 Å². The van der Waals surface area contributed by atoms with Crippen molar-refractivity contribution in [3.05, 3.63) is 48.5 Å². The van der Waals surface area contributed by atoms with Gasteiger partial charge in [0, 0.05) is 24.5 Å². The van der Waals surface area contributed by atoms with Crippen molar-refractivity contribution < 1.29 is 9.47 Å². The van der Waals surface area contributed by atoms with Gasteiger partial charge in [-0.2, -0.15) is 0 Å². The minimum Gasteiger partial charge on any atom is -0.494 e. The Labute approximate surface area is 138 Å². The predicted octanol–water partition coefficient (Wildman–Crippen LogP) is 4.40. The minimum atomic E-state index is 0.201. The molecule has 0 saturated heterocycles. The maximum Gasteiger partial charge on any atom is 0.119 e. The number of rotatable bonds is 9. The van der Waals surface area contributed by atoms with Gasteiger partial charge in [0.15, 0.2) is 0 Å². The number of hydrogen-bond acceptors (Lipinski definition) is 4. The molecule has 0 radical (unpaired) electrons. The Morgan fingerprint density at radius 2 is 1.26 bits per heavy atom. The Morgan fingerprint density at radius 1 is 0.783 bits per heavy atom. The van der Waals surface area contributed by atoms with Crippen LogP contribution in [0.25, 0.3) is 0 Å². The van der Waals surface area contributed by atoms with Gasteiger partial charge in [-0.25, -0.2) is 0 Å². The van der Waals surface area contributed by atoms with Gasteiger partial charge in [-0.05, 0) is 69.3 Å². The molecule has 0 atom stereocenters. The van der Waals surface area contributed by atoms with Gasteiger partial charge in [-0.1, -0.05) is 0 Å². The lowest BCUT2D eigenvalue weighted by Crippen LogP contribution is -2.13. The monoisotopic (exact) mass is 314 g/mol. The highest BCUT2D eigenvalue weighted by Crippen LogP contribution is 2.17. The first-order valence-corrected chi connectivity index (χ1v) is 8.14. The van der Waals surface area contributed by atoms with Crippen LogP contribution in [0.4, 0.5) is 11.4 Å². The Morgan fingerprint density at radius 3 is 1.70 bits per heavy atom. The second-order valence-electron chi connectivity index (χ2n) is 5.50. The van der Waals surface area contributed by atoms with Crippen LogP contribution in [0.5, 0.6) is 11.5 Å². The van der Waals surface area contributed by atoms with Crippen LogP contribution in [0, 0.1) is 0 Å². The van der Waals surface area contributed by atoms with Gasteiger partial charge in [0.2, 0.25) is 0 Å². The van der Waals surface area contributed by atoms with E-state index in [0.717, 1.165) is 36.0 Å². The number of benzene rings is 2. The van der Waals surface area contributed by atoms with Crippen LogP contribution in [0.3, 0.4) is 0 Å². The summed E-state index contributed by atoms with van der Waals surface area (Å²) in [6.45, 7) is 8.42. The lowest BCUT2D eigenvalue weighted by molar-refractivity contribution is 0.242. The zero-order chi connectivity index (χ0) is 16.5. The van der Waals surface area contributed by atoms with Crippen molar-refractivity contribution >= 4 is 11.4 Å². The summed E-state index contributed by atoms with van der Waals surface area (Å²) in [5.41, 5.74) is 2.19. The van der Waals surface area contributed by atoms with E-state index in [1.807, 2.05) is 69.3 Å². The van der Waals surface area contributed by atoms with E-state index in [4.69, 9.17) is 9.47 Å². The molecule has 0 saturated carbocycles. The zero-order valence-electron chi connectivity index (χ0n) is 14.1. The highest BCUT2D eigenvalue weighted by Gasteiger charge is 1.98. The molecule has 23 heavy (non-hydrogen) atoms. The van der Waals surface area contributed by atoms with Gasteiger partial charge in [-0.15, -0.1) is 0 Å². The Bertz CT molecular complexity index is 565. The molecule has 0 fully saturated rings. The van der Waals surface area contributed by atoms with E-state index < -0.39 is 0 Å². The van der Waals surface area contributed by atoms with Crippen molar-refractivity contribution in [1.29, 1.82) is 0 Å². The van der Waals surface area contributed by atoms with Gasteiger partial charge in [0.05, 0.1) is 12.7 Å². The molecule has 0 unspecified atom stereocenters. The van der Waals surface area contributed by atoms with Crippen LogP contribution in [0.15, 0.2) is 48.5 Å². The summed E-state index contributed by atoms with van der Waals surface area (Å²) in [5, 5.41) is 6.76. The fourth-order valence-electron chi connectivity index (χ4n) is 2.17. The van der Waals surface area contributed by atoms with Crippen LogP contribution in [-0.4, -0.2) is 25.8 Å².